The molecule has 1 heterocycles. The van der Waals surface area contributed by atoms with Gasteiger partial charge in [-0.3, -0.25) is 13.9 Å². The smallest absolute Gasteiger partial charge is 0.264 e. The molecule has 0 aromatic heterocycles. The topological polar surface area (TPSA) is 114 Å². The van der Waals surface area contributed by atoms with Gasteiger partial charge in [0.05, 0.1) is 17.7 Å². The van der Waals surface area contributed by atoms with Gasteiger partial charge in [0.15, 0.2) is 11.5 Å². The third-order valence-corrected chi connectivity index (χ3v) is 9.45. The quantitative estimate of drug-likeness (QED) is 0.213. The van der Waals surface area contributed by atoms with Crippen LogP contribution in [0.15, 0.2) is 102 Å². The van der Waals surface area contributed by atoms with E-state index in [4.69, 9.17) is 14.2 Å². The van der Waals surface area contributed by atoms with E-state index in [1.807, 2.05) is 44.2 Å². The number of methoxy groups -OCH3 is 1. The van der Waals surface area contributed by atoms with Crippen molar-refractivity contribution in [1.29, 1.82) is 0 Å². The number of carbonyl (C=O) groups is 2. The van der Waals surface area contributed by atoms with Crippen LogP contribution in [-0.4, -0.2) is 64.1 Å². The predicted octanol–water partition coefficient (Wildman–Crippen LogP) is 4.97. The Morgan fingerprint density at radius 1 is 0.875 bits per heavy atom. The molecule has 4 aromatic carbocycles. The fraction of sp³-hybridized carbons (Fsp3) is 0.278. The maximum absolute atomic E-state index is 14.6. The van der Waals surface area contributed by atoms with Crippen molar-refractivity contribution < 1.29 is 36.6 Å². The van der Waals surface area contributed by atoms with Crippen molar-refractivity contribution >= 4 is 27.5 Å². The minimum atomic E-state index is -4.43. The number of benzene rings is 4. The van der Waals surface area contributed by atoms with E-state index >= 15 is 0 Å². The van der Waals surface area contributed by atoms with Gasteiger partial charge in [-0.2, -0.15) is 0 Å². The zero-order chi connectivity index (χ0) is 34.3. The molecular weight excluding hydrogens is 637 g/mol. The van der Waals surface area contributed by atoms with E-state index in [0.717, 1.165) is 22.0 Å². The lowest BCUT2D eigenvalue weighted by Gasteiger charge is -2.34. The Labute approximate surface area is 280 Å². The number of sulfonamides is 1. The number of carbonyl (C=O) groups excluding carboxylic acids is 2. The summed E-state index contributed by atoms with van der Waals surface area (Å²) in [6, 6.07) is 24.1. The second kappa shape index (κ2) is 15.2. The molecule has 0 unspecified atom stereocenters. The van der Waals surface area contributed by atoms with Gasteiger partial charge in [-0.15, -0.1) is 0 Å². The number of ether oxygens (including phenoxy) is 3. The molecule has 1 atom stereocenters. The third kappa shape index (κ3) is 8.24. The zero-order valence-electron chi connectivity index (χ0n) is 27.0. The summed E-state index contributed by atoms with van der Waals surface area (Å²) in [5.41, 5.74) is 1.54. The number of amides is 2. The summed E-state index contributed by atoms with van der Waals surface area (Å²) in [5, 5.41) is 2.93. The van der Waals surface area contributed by atoms with Crippen molar-refractivity contribution in [3.8, 4) is 17.2 Å². The van der Waals surface area contributed by atoms with Crippen LogP contribution in [0.2, 0.25) is 0 Å². The maximum Gasteiger partial charge on any atom is 0.264 e. The van der Waals surface area contributed by atoms with Gasteiger partial charge in [0.2, 0.25) is 11.8 Å². The van der Waals surface area contributed by atoms with E-state index in [0.29, 0.717) is 23.7 Å². The molecule has 0 saturated carbocycles. The Morgan fingerprint density at radius 3 is 2.25 bits per heavy atom. The number of nitrogens with one attached hydrogen (secondary N) is 1. The normalized spacial score (nSPS) is 13.0. The molecule has 1 aliphatic heterocycles. The molecule has 2 amide bonds. The molecule has 0 spiro atoms. The lowest BCUT2D eigenvalue weighted by Crippen LogP contribution is -2.54. The standard InChI is InChI=1S/C36H38FN3O7S/c1-25(2)38-36(42)32(21-26-8-5-4-6-9-26)39(23-27-10-7-11-30(20-27)45-3)35(41)24-40(29-14-12-28(37)13-15-29)48(43,44)31-16-17-33-34(22-31)47-19-18-46-33/h4-17,20,22,25,32H,18-19,21,23-24H2,1-3H3,(H,38,42)/t32-/m0/s1. The van der Waals surface area contributed by atoms with Crippen LogP contribution in [0.5, 0.6) is 17.2 Å². The first-order chi connectivity index (χ1) is 23.0. The van der Waals surface area contributed by atoms with Crippen molar-refractivity contribution in [2.24, 2.45) is 0 Å². The molecule has 1 N–H and O–H groups in total. The van der Waals surface area contributed by atoms with Crippen LogP contribution >= 0.6 is 0 Å². The second-order valence-corrected chi connectivity index (χ2v) is 13.4. The van der Waals surface area contributed by atoms with Gasteiger partial charge in [0.25, 0.3) is 10.0 Å². The van der Waals surface area contributed by atoms with Crippen molar-refractivity contribution in [2.45, 2.75) is 43.8 Å². The van der Waals surface area contributed by atoms with E-state index < -0.39 is 40.2 Å². The van der Waals surface area contributed by atoms with Gasteiger partial charge in [-0.05, 0) is 73.5 Å². The lowest BCUT2D eigenvalue weighted by molar-refractivity contribution is -0.140. The third-order valence-electron chi connectivity index (χ3n) is 7.68. The van der Waals surface area contributed by atoms with E-state index in [9.17, 15) is 22.4 Å². The predicted molar refractivity (Wildman–Crippen MR) is 179 cm³/mol. The first kappa shape index (κ1) is 34.2. The summed E-state index contributed by atoms with van der Waals surface area (Å²) >= 11 is 0. The van der Waals surface area contributed by atoms with Gasteiger partial charge >= 0.3 is 0 Å². The van der Waals surface area contributed by atoms with Crippen molar-refractivity contribution in [3.63, 3.8) is 0 Å². The summed E-state index contributed by atoms with van der Waals surface area (Å²) in [6.45, 7) is 3.50. The highest BCUT2D eigenvalue weighted by atomic mass is 32.2. The molecule has 0 radical (unpaired) electrons. The van der Waals surface area contributed by atoms with Gasteiger partial charge in [0, 0.05) is 25.1 Å². The highest BCUT2D eigenvalue weighted by molar-refractivity contribution is 7.92. The Hall–Kier alpha value is -5.10. The first-order valence-electron chi connectivity index (χ1n) is 15.5. The van der Waals surface area contributed by atoms with Crippen molar-refractivity contribution in [1.82, 2.24) is 10.2 Å². The SMILES string of the molecule is COc1cccc(CN(C(=O)CN(c2ccc(F)cc2)S(=O)(=O)c2ccc3c(c2)OCCO3)[C@@H](Cc2ccccc2)C(=O)NC(C)C)c1. The summed E-state index contributed by atoms with van der Waals surface area (Å²) in [7, 11) is -2.90. The van der Waals surface area contributed by atoms with Crippen LogP contribution in [0.3, 0.4) is 0 Å². The molecule has 0 bridgehead atoms. The summed E-state index contributed by atoms with van der Waals surface area (Å²) < 4.78 is 60.2. The Balaban J connectivity index is 1.58. The van der Waals surface area contributed by atoms with Gasteiger partial charge in [-0.1, -0.05) is 42.5 Å². The lowest BCUT2D eigenvalue weighted by atomic mass is 10.0. The molecule has 12 heteroatoms. The Bertz CT molecular complexity index is 1840. The van der Waals surface area contributed by atoms with Crippen LogP contribution in [-0.2, 0) is 32.6 Å². The summed E-state index contributed by atoms with van der Waals surface area (Å²) in [5.74, 6) is -0.416. The highest BCUT2D eigenvalue weighted by Gasteiger charge is 2.35. The van der Waals surface area contributed by atoms with Crippen molar-refractivity contribution in [3.05, 3.63) is 114 Å². The minimum absolute atomic E-state index is 0.0274. The number of rotatable bonds is 13. The van der Waals surface area contributed by atoms with E-state index in [1.165, 1.54) is 42.3 Å². The van der Waals surface area contributed by atoms with Gasteiger partial charge in [0.1, 0.15) is 37.4 Å². The first-order valence-corrected chi connectivity index (χ1v) is 16.9. The number of hydrogen-bond donors (Lipinski definition) is 1. The number of fused-ring (bicyclic) bond motifs is 1. The van der Waals surface area contributed by atoms with Gasteiger partial charge < -0.3 is 24.4 Å². The largest absolute Gasteiger partial charge is 0.497 e. The average molecular weight is 676 g/mol. The van der Waals surface area contributed by atoms with Crippen LogP contribution in [0, 0.1) is 5.82 Å². The van der Waals surface area contributed by atoms with Crippen molar-refractivity contribution in [2.75, 3.05) is 31.2 Å². The van der Waals surface area contributed by atoms with Crippen LogP contribution in [0.1, 0.15) is 25.0 Å². The fourth-order valence-electron chi connectivity index (χ4n) is 5.35. The number of nitrogens with zero attached hydrogens (tertiary/aromatic N) is 2. The Kier molecular flexibility index (Phi) is 10.8. The molecular formula is C36H38FN3O7S. The molecule has 48 heavy (non-hydrogen) atoms. The minimum Gasteiger partial charge on any atom is -0.497 e. The molecule has 0 fully saturated rings. The van der Waals surface area contributed by atoms with E-state index in [-0.39, 0.29) is 41.9 Å². The molecule has 4 aromatic rings. The maximum atomic E-state index is 14.6. The zero-order valence-corrected chi connectivity index (χ0v) is 27.8. The average Bonchev–Trinajstić information content (AvgIpc) is 3.09. The molecule has 5 rings (SSSR count). The molecule has 252 valence electrons. The van der Waals surface area contributed by atoms with Gasteiger partial charge in [-0.25, -0.2) is 12.8 Å². The van der Waals surface area contributed by atoms with E-state index in [2.05, 4.69) is 5.32 Å². The molecule has 0 saturated heterocycles. The monoisotopic (exact) mass is 675 g/mol. The molecule has 1 aliphatic rings. The fourth-order valence-corrected chi connectivity index (χ4v) is 6.78. The molecule has 10 nitrogen and oxygen atoms in total. The highest BCUT2D eigenvalue weighted by Crippen LogP contribution is 2.34. The molecule has 0 aliphatic carbocycles. The van der Waals surface area contributed by atoms with Crippen LogP contribution in [0.4, 0.5) is 10.1 Å². The Morgan fingerprint density at radius 2 is 1.56 bits per heavy atom. The van der Waals surface area contributed by atoms with Crippen LogP contribution in [0.25, 0.3) is 0 Å². The summed E-state index contributed by atoms with van der Waals surface area (Å²) in [6.07, 6.45) is 0.167. The summed E-state index contributed by atoms with van der Waals surface area (Å²) in [4.78, 5) is 29.6. The van der Waals surface area contributed by atoms with Crippen LogP contribution < -0.4 is 23.8 Å². The number of hydrogen-bond acceptors (Lipinski definition) is 7. The second-order valence-electron chi connectivity index (χ2n) is 11.5. The number of halogens is 1. The number of anilines is 1. The van der Waals surface area contributed by atoms with E-state index in [1.54, 1.807) is 24.3 Å².